The highest BCUT2D eigenvalue weighted by Crippen LogP contribution is 2.19. The van der Waals surface area contributed by atoms with Crippen molar-refractivity contribution in [3.63, 3.8) is 0 Å². The van der Waals surface area contributed by atoms with E-state index >= 15 is 0 Å². The minimum Gasteiger partial charge on any atom is -0.337 e. The van der Waals surface area contributed by atoms with E-state index in [0.717, 1.165) is 27.5 Å². The average molecular weight is 399 g/mol. The second-order valence-corrected chi connectivity index (χ2v) is 8.10. The number of hydrogen-bond donors (Lipinski definition) is 1. The van der Waals surface area contributed by atoms with Crippen molar-refractivity contribution >= 4 is 34.9 Å². The lowest BCUT2D eigenvalue weighted by Crippen LogP contribution is -2.50. The molecule has 3 rings (SSSR count). The van der Waals surface area contributed by atoms with Crippen LogP contribution in [0.25, 0.3) is 6.08 Å². The molecule has 2 amide bonds. The number of nitrogens with zero attached hydrogens (tertiary/aromatic N) is 3. The summed E-state index contributed by atoms with van der Waals surface area (Å²) < 4.78 is 0. The normalized spacial score (nSPS) is 15.2. The number of thiazole rings is 1. The van der Waals surface area contributed by atoms with Crippen LogP contribution in [0, 0.1) is 20.8 Å². The fourth-order valence-electron chi connectivity index (χ4n) is 3.24. The predicted octanol–water partition coefficient (Wildman–Crippen LogP) is 2.86. The van der Waals surface area contributed by atoms with Crippen molar-refractivity contribution in [3.05, 3.63) is 51.5 Å². The third kappa shape index (κ3) is 5.27. The largest absolute Gasteiger partial charge is 0.337 e. The standard InChI is InChI=1S/C21H26N4O2S/c1-15-5-4-6-16(2)21(15)23-19(26)13-24-9-11-25(12-10-24)20(27)8-7-18-14-28-17(3)22-18/h4-8,14H,9-13H2,1-3H3,(H,23,26)/b8-7+. The molecule has 1 aliphatic heterocycles. The Balaban J connectivity index is 1.46. The second-order valence-electron chi connectivity index (χ2n) is 7.04. The van der Waals surface area contributed by atoms with Gasteiger partial charge in [0, 0.05) is 43.3 Å². The molecular formula is C21H26N4O2S. The summed E-state index contributed by atoms with van der Waals surface area (Å²) in [6.45, 7) is 8.89. The number of benzene rings is 1. The zero-order valence-electron chi connectivity index (χ0n) is 16.6. The molecule has 0 atom stereocenters. The van der Waals surface area contributed by atoms with Gasteiger partial charge in [-0.1, -0.05) is 18.2 Å². The fraction of sp³-hybridized carbons (Fsp3) is 0.381. The van der Waals surface area contributed by atoms with Crippen LogP contribution in [0.15, 0.2) is 29.7 Å². The highest BCUT2D eigenvalue weighted by molar-refractivity contribution is 7.09. The molecule has 1 N–H and O–H groups in total. The summed E-state index contributed by atoms with van der Waals surface area (Å²) in [6, 6.07) is 5.97. The molecule has 0 spiro atoms. The molecule has 0 bridgehead atoms. The van der Waals surface area contributed by atoms with E-state index in [1.165, 1.54) is 0 Å². The van der Waals surface area contributed by atoms with Gasteiger partial charge in [-0.15, -0.1) is 11.3 Å². The van der Waals surface area contributed by atoms with Crippen LogP contribution in [-0.4, -0.2) is 59.3 Å². The molecule has 148 valence electrons. The number of piperazine rings is 1. The number of aromatic nitrogens is 1. The van der Waals surface area contributed by atoms with Crippen LogP contribution < -0.4 is 5.32 Å². The van der Waals surface area contributed by atoms with Crippen molar-refractivity contribution in [2.24, 2.45) is 0 Å². The van der Waals surface area contributed by atoms with E-state index < -0.39 is 0 Å². The van der Waals surface area contributed by atoms with Gasteiger partial charge in [-0.05, 0) is 38.0 Å². The number of anilines is 1. The molecule has 28 heavy (non-hydrogen) atoms. The molecule has 2 heterocycles. The minimum absolute atomic E-state index is 0.00899. The lowest BCUT2D eigenvalue weighted by Gasteiger charge is -2.33. The maximum absolute atomic E-state index is 12.4. The summed E-state index contributed by atoms with van der Waals surface area (Å²) in [5.41, 5.74) is 3.83. The van der Waals surface area contributed by atoms with Gasteiger partial charge in [0.1, 0.15) is 0 Å². The first-order chi connectivity index (χ1) is 13.4. The number of para-hydroxylation sites is 1. The van der Waals surface area contributed by atoms with Crippen LogP contribution in [0.5, 0.6) is 0 Å². The molecule has 1 fully saturated rings. The Bertz CT molecular complexity index is 862. The van der Waals surface area contributed by atoms with Crippen molar-refractivity contribution in [2.45, 2.75) is 20.8 Å². The summed E-state index contributed by atoms with van der Waals surface area (Å²) in [6.07, 6.45) is 3.34. The number of nitrogens with one attached hydrogen (secondary N) is 1. The molecule has 0 aliphatic carbocycles. The summed E-state index contributed by atoms with van der Waals surface area (Å²) in [5, 5.41) is 5.94. The summed E-state index contributed by atoms with van der Waals surface area (Å²) in [5.74, 6) is -0.0266. The Morgan fingerprint density at radius 1 is 1.14 bits per heavy atom. The Labute approximate surface area is 169 Å². The van der Waals surface area contributed by atoms with Crippen molar-refractivity contribution < 1.29 is 9.59 Å². The van der Waals surface area contributed by atoms with Gasteiger partial charge in [0.25, 0.3) is 0 Å². The smallest absolute Gasteiger partial charge is 0.246 e. The Morgan fingerprint density at radius 3 is 2.43 bits per heavy atom. The summed E-state index contributed by atoms with van der Waals surface area (Å²) in [7, 11) is 0. The zero-order chi connectivity index (χ0) is 20.1. The topological polar surface area (TPSA) is 65.5 Å². The van der Waals surface area contributed by atoms with Crippen molar-refractivity contribution in [1.29, 1.82) is 0 Å². The maximum Gasteiger partial charge on any atom is 0.246 e. The molecule has 1 aromatic carbocycles. The van der Waals surface area contributed by atoms with E-state index in [1.54, 1.807) is 23.5 Å². The van der Waals surface area contributed by atoms with Gasteiger partial charge < -0.3 is 10.2 Å². The quantitative estimate of drug-likeness (QED) is 0.787. The van der Waals surface area contributed by atoms with E-state index in [0.29, 0.717) is 32.7 Å². The number of hydrogen-bond acceptors (Lipinski definition) is 5. The number of aryl methyl sites for hydroxylation is 3. The average Bonchev–Trinajstić information content (AvgIpc) is 3.09. The molecule has 0 saturated carbocycles. The molecule has 6 nitrogen and oxygen atoms in total. The van der Waals surface area contributed by atoms with Gasteiger partial charge in [0.15, 0.2) is 0 Å². The molecular weight excluding hydrogens is 372 g/mol. The zero-order valence-corrected chi connectivity index (χ0v) is 17.4. The van der Waals surface area contributed by atoms with E-state index in [-0.39, 0.29) is 11.8 Å². The Morgan fingerprint density at radius 2 is 1.82 bits per heavy atom. The Hall–Kier alpha value is -2.51. The van der Waals surface area contributed by atoms with E-state index in [2.05, 4.69) is 15.2 Å². The molecule has 7 heteroatoms. The number of rotatable bonds is 5. The molecule has 2 aromatic rings. The molecule has 1 saturated heterocycles. The Kier molecular flexibility index (Phi) is 6.59. The summed E-state index contributed by atoms with van der Waals surface area (Å²) >= 11 is 1.57. The second kappa shape index (κ2) is 9.12. The van der Waals surface area contributed by atoms with E-state index in [9.17, 15) is 9.59 Å². The first-order valence-electron chi connectivity index (χ1n) is 9.40. The first kappa shape index (κ1) is 20.2. The lowest BCUT2D eigenvalue weighted by atomic mass is 10.1. The van der Waals surface area contributed by atoms with Gasteiger partial charge in [0.05, 0.1) is 17.2 Å². The van der Waals surface area contributed by atoms with Gasteiger partial charge in [-0.2, -0.15) is 0 Å². The molecule has 0 unspecified atom stereocenters. The fourth-order valence-corrected chi connectivity index (χ4v) is 3.82. The van der Waals surface area contributed by atoms with Gasteiger partial charge in [-0.25, -0.2) is 4.98 Å². The van der Waals surface area contributed by atoms with Crippen molar-refractivity contribution in [1.82, 2.24) is 14.8 Å². The van der Waals surface area contributed by atoms with Gasteiger partial charge in [0.2, 0.25) is 11.8 Å². The maximum atomic E-state index is 12.4. The third-order valence-electron chi connectivity index (χ3n) is 4.83. The predicted molar refractivity (Wildman–Crippen MR) is 113 cm³/mol. The highest BCUT2D eigenvalue weighted by Gasteiger charge is 2.21. The van der Waals surface area contributed by atoms with E-state index in [4.69, 9.17) is 0 Å². The van der Waals surface area contributed by atoms with E-state index in [1.807, 2.05) is 49.3 Å². The minimum atomic E-state index is -0.0176. The van der Waals surface area contributed by atoms with Gasteiger partial charge >= 0.3 is 0 Å². The third-order valence-corrected chi connectivity index (χ3v) is 5.62. The first-order valence-corrected chi connectivity index (χ1v) is 10.3. The van der Waals surface area contributed by atoms with Crippen LogP contribution in [0.3, 0.4) is 0 Å². The van der Waals surface area contributed by atoms with Crippen molar-refractivity contribution in [3.8, 4) is 0 Å². The molecule has 1 aromatic heterocycles. The number of carbonyl (C=O) groups excluding carboxylic acids is 2. The lowest BCUT2D eigenvalue weighted by molar-refractivity contribution is -0.127. The highest BCUT2D eigenvalue weighted by atomic mass is 32.1. The molecule has 0 radical (unpaired) electrons. The van der Waals surface area contributed by atoms with Crippen molar-refractivity contribution in [2.75, 3.05) is 38.0 Å². The van der Waals surface area contributed by atoms with Crippen LogP contribution in [0.4, 0.5) is 5.69 Å². The van der Waals surface area contributed by atoms with Crippen LogP contribution in [0.2, 0.25) is 0 Å². The number of amides is 2. The number of carbonyl (C=O) groups is 2. The van der Waals surface area contributed by atoms with Gasteiger partial charge in [-0.3, -0.25) is 14.5 Å². The molecule has 1 aliphatic rings. The monoisotopic (exact) mass is 398 g/mol. The van der Waals surface area contributed by atoms with Crippen LogP contribution in [-0.2, 0) is 9.59 Å². The summed E-state index contributed by atoms with van der Waals surface area (Å²) in [4.78, 5) is 33.0. The SMILES string of the molecule is Cc1nc(/C=C/C(=O)N2CCN(CC(=O)Nc3c(C)cccc3C)CC2)cs1. The van der Waals surface area contributed by atoms with Crippen LogP contribution in [0.1, 0.15) is 21.8 Å². The van der Waals surface area contributed by atoms with Crippen LogP contribution >= 0.6 is 11.3 Å².